The molecule has 4 rings (SSSR count). The standard InChI is InChI=1S/C23H29N3O/c1-16-14-26-15-21(17-7-4-3-5-8-17)25-13-20(26)12-23(16,2)19-10-6-9-18(11-19)22(24)27/h3-11,16,20-21,25H,12-15H2,1-2H3,(H2,24,27)/t16-,20+,21?,23+/m0/s1. The fraction of sp³-hybridized carbons (Fsp3) is 0.435. The molecule has 142 valence electrons. The molecule has 1 amide bonds. The first-order valence-corrected chi connectivity index (χ1v) is 9.90. The number of benzene rings is 2. The lowest BCUT2D eigenvalue weighted by Crippen LogP contribution is -2.60. The fourth-order valence-corrected chi connectivity index (χ4v) is 4.86. The highest BCUT2D eigenvalue weighted by Crippen LogP contribution is 2.43. The molecule has 0 saturated carbocycles. The molecule has 2 aromatic rings. The van der Waals surface area contributed by atoms with E-state index in [2.05, 4.69) is 60.5 Å². The second-order valence-corrected chi connectivity index (χ2v) is 8.45. The van der Waals surface area contributed by atoms with Crippen LogP contribution in [0.25, 0.3) is 0 Å². The Hall–Kier alpha value is -2.17. The third-order valence-electron chi connectivity index (χ3n) is 6.80. The summed E-state index contributed by atoms with van der Waals surface area (Å²) in [5.41, 5.74) is 8.76. The van der Waals surface area contributed by atoms with Gasteiger partial charge in [0.15, 0.2) is 0 Å². The number of nitrogens with one attached hydrogen (secondary N) is 1. The molecule has 2 aromatic carbocycles. The van der Waals surface area contributed by atoms with Crippen LogP contribution >= 0.6 is 0 Å². The first-order valence-electron chi connectivity index (χ1n) is 9.90. The fourth-order valence-electron chi connectivity index (χ4n) is 4.86. The lowest BCUT2D eigenvalue weighted by molar-refractivity contribution is 0.0242. The van der Waals surface area contributed by atoms with Crippen molar-refractivity contribution in [3.8, 4) is 0 Å². The van der Waals surface area contributed by atoms with Crippen LogP contribution in [-0.2, 0) is 5.41 Å². The highest BCUT2D eigenvalue weighted by molar-refractivity contribution is 5.92. The maximum absolute atomic E-state index is 11.6. The number of nitrogens with two attached hydrogens (primary N) is 1. The largest absolute Gasteiger partial charge is 0.366 e. The van der Waals surface area contributed by atoms with Crippen LogP contribution in [0.2, 0.25) is 0 Å². The maximum atomic E-state index is 11.6. The van der Waals surface area contributed by atoms with Crippen LogP contribution in [0.15, 0.2) is 54.6 Å². The van der Waals surface area contributed by atoms with E-state index in [-0.39, 0.29) is 11.3 Å². The van der Waals surface area contributed by atoms with Crippen LogP contribution in [0.5, 0.6) is 0 Å². The zero-order valence-electron chi connectivity index (χ0n) is 16.2. The van der Waals surface area contributed by atoms with E-state index in [0.717, 1.165) is 26.1 Å². The van der Waals surface area contributed by atoms with Gasteiger partial charge in [-0.1, -0.05) is 56.3 Å². The van der Waals surface area contributed by atoms with Crippen LogP contribution in [0, 0.1) is 5.92 Å². The predicted molar refractivity (Wildman–Crippen MR) is 109 cm³/mol. The molecule has 0 aliphatic carbocycles. The van der Waals surface area contributed by atoms with E-state index in [1.165, 1.54) is 11.1 Å². The monoisotopic (exact) mass is 363 g/mol. The Balaban J connectivity index is 1.54. The van der Waals surface area contributed by atoms with Crippen LogP contribution in [0.4, 0.5) is 0 Å². The summed E-state index contributed by atoms with van der Waals surface area (Å²) >= 11 is 0. The van der Waals surface area contributed by atoms with Crippen molar-refractivity contribution in [2.45, 2.75) is 37.8 Å². The van der Waals surface area contributed by atoms with Crippen molar-refractivity contribution in [2.75, 3.05) is 19.6 Å². The van der Waals surface area contributed by atoms with Crippen molar-refractivity contribution in [1.29, 1.82) is 0 Å². The average Bonchev–Trinajstić information content (AvgIpc) is 2.69. The van der Waals surface area contributed by atoms with Gasteiger partial charge in [0.2, 0.25) is 5.91 Å². The average molecular weight is 364 g/mol. The molecule has 3 N–H and O–H groups in total. The molecular weight excluding hydrogens is 334 g/mol. The van der Waals surface area contributed by atoms with E-state index in [1.807, 2.05) is 18.2 Å². The minimum absolute atomic E-state index is 0.0495. The Morgan fingerprint density at radius 1 is 1.15 bits per heavy atom. The van der Waals surface area contributed by atoms with Gasteiger partial charge in [-0.2, -0.15) is 0 Å². The van der Waals surface area contributed by atoms with Crippen LogP contribution in [0.3, 0.4) is 0 Å². The molecule has 2 fully saturated rings. The van der Waals surface area contributed by atoms with Crippen LogP contribution in [-0.4, -0.2) is 36.5 Å². The predicted octanol–water partition coefficient (Wildman–Crippen LogP) is 3.10. The summed E-state index contributed by atoms with van der Waals surface area (Å²) in [6.45, 7) is 7.81. The lowest BCUT2D eigenvalue weighted by Gasteiger charge is -2.53. The van der Waals surface area contributed by atoms with Crippen molar-refractivity contribution in [2.24, 2.45) is 11.7 Å². The molecule has 0 radical (unpaired) electrons. The van der Waals surface area contributed by atoms with Gasteiger partial charge in [-0.15, -0.1) is 0 Å². The molecule has 2 heterocycles. The summed E-state index contributed by atoms with van der Waals surface area (Å²) in [6, 6.07) is 19.6. The molecule has 4 heteroatoms. The molecule has 1 unspecified atom stereocenters. The van der Waals surface area contributed by atoms with Gasteiger partial charge in [0.25, 0.3) is 0 Å². The summed E-state index contributed by atoms with van der Waals surface area (Å²) in [4.78, 5) is 14.3. The second-order valence-electron chi connectivity index (χ2n) is 8.45. The van der Waals surface area contributed by atoms with Crippen molar-refractivity contribution in [3.63, 3.8) is 0 Å². The number of primary amides is 1. The highest BCUT2D eigenvalue weighted by Gasteiger charge is 2.44. The molecule has 0 spiro atoms. The number of amides is 1. The molecule has 2 aliphatic rings. The van der Waals surface area contributed by atoms with E-state index < -0.39 is 0 Å². The molecule has 4 atom stereocenters. The number of piperazine rings is 1. The van der Waals surface area contributed by atoms with Gasteiger partial charge in [0.05, 0.1) is 0 Å². The Kier molecular flexibility index (Phi) is 4.79. The first-order chi connectivity index (χ1) is 13.0. The normalized spacial score (nSPS) is 31.3. The van der Waals surface area contributed by atoms with Gasteiger partial charge in [0.1, 0.15) is 0 Å². The molecule has 27 heavy (non-hydrogen) atoms. The van der Waals surface area contributed by atoms with Gasteiger partial charge < -0.3 is 11.1 Å². The smallest absolute Gasteiger partial charge is 0.248 e. The van der Waals surface area contributed by atoms with Crippen molar-refractivity contribution in [1.82, 2.24) is 10.2 Å². The second kappa shape index (κ2) is 7.10. The summed E-state index contributed by atoms with van der Waals surface area (Å²) in [5.74, 6) is 0.155. The van der Waals surface area contributed by atoms with E-state index >= 15 is 0 Å². The van der Waals surface area contributed by atoms with Crippen LogP contribution in [0.1, 0.15) is 47.8 Å². The zero-order chi connectivity index (χ0) is 19.0. The summed E-state index contributed by atoms with van der Waals surface area (Å²) in [6.07, 6.45) is 1.09. The Morgan fingerprint density at radius 2 is 1.93 bits per heavy atom. The van der Waals surface area contributed by atoms with Gasteiger partial charge >= 0.3 is 0 Å². The van der Waals surface area contributed by atoms with Gasteiger partial charge in [0, 0.05) is 37.3 Å². The zero-order valence-corrected chi connectivity index (χ0v) is 16.2. The van der Waals surface area contributed by atoms with E-state index in [4.69, 9.17) is 5.73 Å². The SMILES string of the molecule is C[C@H]1CN2CC(c3ccccc3)NC[C@H]2C[C@@]1(C)c1cccc(C(N)=O)c1. The minimum atomic E-state index is -0.351. The van der Waals surface area contributed by atoms with Crippen molar-refractivity contribution in [3.05, 3.63) is 71.3 Å². The molecular formula is C23H29N3O. The Labute approximate surface area is 161 Å². The number of carbonyl (C=O) groups excluding carboxylic acids is 1. The summed E-state index contributed by atoms with van der Waals surface area (Å²) < 4.78 is 0. The number of carbonyl (C=O) groups is 1. The lowest BCUT2D eigenvalue weighted by atomic mass is 9.65. The number of piperidine rings is 1. The Morgan fingerprint density at radius 3 is 2.67 bits per heavy atom. The maximum Gasteiger partial charge on any atom is 0.248 e. The van der Waals surface area contributed by atoms with Crippen LogP contribution < -0.4 is 11.1 Å². The van der Waals surface area contributed by atoms with Gasteiger partial charge in [-0.25, -0.2) is 0 Å². The van der Waals surface area contributed by atoms with Gasteiger partial charge in [-0.05, 0) is 41.0 Å². The number of hydrogen-bond acceptors (Lipinski definition) is 3. The summed E-state index contributed by atoms with van der Waals surface area (Å²) in [7, 11) is 0. The van der Waals surface area contributed by atoms with Crippen molar-refractivity contribution < 1.29 is 4.79 Å². The van der Waals surface area contributed by atoms with E-state index in [1.54, 1.807) is 0 Å². The number of rotatable bonds is 3. The van der Waals surface area contributed by atoms with Gasteiger partial charge in [-0.3, -0.25) is 9.69 Å². The topological polar surface area (TPSA) is 58.4 Å². The third kappa shape index (κ3) is 3.40. The third-order valence-corrected chi connectivity index (χ3v) is 6.80. The van der Waals surface area contributed by atoms with E-state index in [9.17, 15) is 4.79 Å². The molecule has 0 bridgehead atoms. The minimum Gasteiger partial charge on any atom is -0.366 e. The first kappa shape index (κ1) is 18.2. The quantitative estimate of drug-likeness (QED) is 0.881. The number of fused-ring (bicyclic) bond motifs is 1. The molecule has 0 aromatic heterocycles. The van der Waals surface area contributed by atoms with Crippen molar-refractivity contribution >= 4 is 5.91 Å². The number of nitrogens with zero attached hydrogens (tertiary/aromatic N) is 1. The highest BCUT2D eigenvalue weighted by atomic mass is 16.1. The molecule has 2 saturated heterocycles. The van der Waals surface area contributed by atoms with E-state index in [0.29, 0.717) is 23.6 Å². The summed E-state index contributed by atoms with van der Waals surface area (Å²) in [5, 5.41) is 3.75. The Bertz CT molecular complexity index is 821. The number of hydrogen-bond donors (Lipinski definition) is 2. The molecule has 2 aliphatic heterocycles. The molecule has 4 nitrogen and oxygen atoms in total.